The van der Waals surface area contributed by atoms with Gasteiger partial charge >= 0.3 is 0 Å². The molecule has 18 heavy (non-hydrogen) atoms. The highest BCUT2D eigenvalue weighted by molar-refractivity contribution is 5.96. The number of carbonyl (C=O) groups excluding carboxylic acids is 1. The molecule has 0 unspecified atom stereocenters. The molecule has 1 amide bonds. The van der Waals surface area contributed by atoms with E-state index >= 15 is 0 Å². The molecule has 1 fully saturated rings. The first-order valence-corrected chi connectivity index (χ1v) is 6.01. The average molecular weight is 247 g/mol. The molecule has 5 heteroatoms. The van der Waals surface area contributed by atoms with Crippen LogP contribution in [0.15, 0.2) is 18.3 Å². The van der Waals surface area contributed by atoms with Gasteiger partial charge in [0.25, 0.3) is 0 Å². The molecule has 0 aliphatic heterocycles. The van der Waals surface area contributed by atoms with E-state index in [9.17, 15) is 14.4 Å². The summed E-state index contributed by atoms with van der Waals surface area (Å²) in [5.74, 6) is -1.14. The number of anilines is 1. The third-order valence-electron chi connectivity index (χ3n) is 3.35. The zero-order valence-corrected chi connectivity index (χ0v) is 9.95. The van der Waals surface area contributed by atoms with Crippen molar-refractivity contribution in [3.8, 4) is 6.07 Å². The highest BCUT2D eigenvalue weighted by atomic mass is 19.1. The number of carbonyl (C=O) groups is 1. The Labute approximate surface area is 105 Å². The van der Waals surface area contributed by atoms with Gasteiger partial charge < -0.3 is 5.32 Å². The summed E-state index contributed by atoms with van der Waals surface area (Å²) in [6, 6.07) is 4.77. The van der Waals surface area contributed by atoms with Crippen LogP contribution in [0.25, 0.3) is 0 Å². The van der Waals surface area contributed by atoms with Crippen molar-refractivity contribution in [3.05, 3.63) is 24.1 Å². The van der Waals surface area contributed by atoms with Crippen LogP contribution >= 0.6 is 0 Å². The summed E-state index contributed by atoms with van der Waals surface area (Å²) in [5.41, 5.74) is -1.03. The molecule has 1 N–H and O–H groups in total. The first-order chi connectivity index (χ1) is 8.68. The van der Waals surface area contributed by atoms with Crippen molar-refractivity contribution in [3.63, 3.8) is 0 Å². The maximum absolute atomic E-state index is 13.4. The molecule has 94 valence electrons. The maximum atomic E-state index is 13.4. The Kier molecular flexibility index (Phi) is 3.56. The monoisotopic (exact) mass is 247 g/mol. The van der Waals surface area contributed by atoms with Crippen molar-refractivity contribution in [1.82, 2.24) is 4.98 Å². The molecule has 0 spiro atoms. The van der Waals surface area contributed by atoms with E-state index in [0.717, 1.165) is 19.3 Å². The van der Waals surface area contributed by atoms with E-state index in [1.165, 1.54) is 18.3 Å². The molecule has 0 bridgehead atoms. The van der Waals surface area contributed by atoms with Crippen molar-refractivity contribution in [2.24, 2.45) is 5.41 Å². The summed E-state index contributed by atoms with van der Waals surface area (Å²) in [7, 11) is 0. The molecule has 1 aliphatic rings. The van der Waals surface area contributed by atoms with Crippen molar-refractivity contribution in [2.75, 3.05) is 5.32 Å². The van der Waals surface area contributed by atoms with Gasteiger partial charge in [0.05, 0.1) is 6.07 Å². The predicted octanol–water partition coefficient (Wildman–Crippen LogP) is 2.63. The van der Waals surface area contributed by atoms with E-state index in [4.69, 9.17) is 0 Å². The van der Waals surface area contributed by atoms with Crippen molar-refractivity contribution >= 4 is 11.7 Å². The Bertz CT molecular complexity index is 489. The normalized spacial score (nSPS) is 17.8. The SMILES string of the molecule is N#CC1(C(=O)Nc2ncccc2F)CCCCC1. The number of rotatable bonds is 2. The van der Waals surface area contributed by atoms with Crippen LogP contribution in [0, 0.1) is 22.6 Å². The lowest BCUT2D eigenvalue weighted by Crippen LogP contribution is -2.37. The predicted molar refractivity (Wildman–Crippen MR) is 64.0 cm³/mol. The molecule has 1 aromatic heterocycles. The zero-order valence-electron chi connectivity index (χ0n) is 9.95. The molecule has 0 aromatic carbocycles. The number of nitriles is 1. The molecular weight excluding hydrogens is 233 g/mol. The molecule has 0 saturated heterocycles. The van der Waals surface area contributed by atoms with E-state index in [2.05, 4.69) is 16.4 Å². The van der Waals surface area contributed by atoms with Gasteiger partial charge in [0.2, 0.25) is 5.91 Å². The first-order valence-electron chi connectivity index (χ1n) is 6.01. The van der Waals surface area contributed by atoms with E-state index in [0.29, 0.717) is 12.8 Å². The molecule has 4 nitrogen and oxygen atoms in total. The quantitative estimate of drug-likeness (QED) is 0.873. The Balaban J connectivity index is 2.16. The van der Waals surface area contributed by atoms with Gasteiger partial charge in [0, 0.05) is 6.20 Å². The van der Waals surface area contributed by atoms with E-state index in [-0.39, 0.29) is 5.82 Å². The average Bonchev–Trinajstić information content (AvgIpc) is 2.42. The fourth-order valence-electron chi connectivity index (χ4n) is 2.25. The summed E-state index contributed by atoms with van der Waals surface area (Å²) in [4.78, 5) is 15.9. The molecule has 0 radical (unpaired) electrons. The van der Waals surface area contributed by atoms with Crippen LogP contribution in [0.4, 0.5) is 10.2 Å². The van der Waals surface area contributed by atoms with Crippen LogP contribution in [0.3, 0.4) is 0 Å². The Hall–Kier alpha value is -1.96. The fraction of sp³-hybridized carbons (Fsp3) is 0.462. The lowest BCUT2D eigenvalue weighted by Gasteiger charge is -2.28. The molecule has 1 saturated carbocycles. The zero-order chi connectivity index (χ0) is 13.0. The highest BCUT2D eigenvalue weighted by Gasteiger charge is 2.40. The van der Waals surface area contributed by atoms with Crippen LogP contribution in [0.1, 0.15) is 32.1 Å². The van der Waals surface area contributed by atoms with Crippen LogP contribution in [-0.2, 0) is 4.79 Å². The van der Waals surface area contributed by atoms with E-state index in [1.807, 2.05) is 0 Å². The van der Waals surface area contributed by atoms with Gasteiger partial charge in [0.15, 0.2) is 11.6 Å². The van der Waals surface area contributed by atoms with Gasteiger partial charge in [-0.05, 0) is 25.0 Å². The van der Waals surface area contributed by atoms with Crippen LogP contribution in [0.5, 0.6) is 0 Å². The standard InChI is InChI=1S/C13H14FN3O/c14-10-5-4-8-16-11(10)17-12(18)13(9-15)6-2-1-3-7-13/h4-5,8H,1-3,6-7H2,(H,16,17,18). The van der Waals surface area contributed by atoms with E-state index < -0.39 is 17.1 Å². The van der Waals surface area contributed by atoms with Crippen LogP contribution < -0.4 is 5.32 Å². The summed E-state index contributed by atoms with van der Waals surface area (Å²) >= 11 is 0. The second kappa shape index (κ2) is 5.13. The molecule has 1 aromatic rings. The van der Waals surface area contributed by atoms with Gasteiger partial charge in [-0.25, -0.2) is 9.37 Å². The van der Waals surface area contributed by atoms with Crippen LogP contribution in [-0.4, -0.2) is 10.9 Å². The minimum absolute atomic E-state index is 0.109. The number of nitrogens with one attached hydrogen (secondary N) is 1. The van der Waals surface area contributed by atoms with Gasteiger partial charge in [-0.1, -0.05) is 19.3 Å². The first kappa shape index (κ1) is 12.5. The summed E-state index contributed by atoms with van der Waals surface area (Å²) in [6.45, 7) is 0. The highest BCUT2D eigenvalue weighted by Crippen LogP contribution is 2.36. The minimum atomic E-state index is -1.03. The minimum Gasteiger partial charge on any atom is -0.307 e. The fourth-order valence-corrected chi connectivity index (χ4v) is 2.25. The van der Waals surface area contributed by atoms with E-state index in [1.54, 1.807) is 0 Å². The smallest absolute Gasteiger partial charge is 0.246 e. The Morgan fingerprint density at radius 2 is 2.17 bits per heavy atom. The lowest BCUT2D eigenvalue weighted by atomic mass is 9.74. The number of pyridine rings is 1. The van der Waals surface area contributed by atoms with Crippen molar-refractivity contribution < 1.29 is 9.18 Å². The second-order valence-electron chi connectivity index (χ2n) is 4.54. The van der Waals surface area contributed by atoms with Gasteiger partial charge in [-0.15, -0.1) is 0 Å². The number of hydrogen-bond acceptors (Lipinski definition) is 3. The number of hydrogen-bond donors (Lipinski definition) is 1. The topological polar surface area (TPSA) is 65.8 Å². The molecule has 2 rings (SSSR count). The number of halogens is 1. The van der Waals surface area contributed by atoms with Gasteiger partial charge in [0.1, 0.15) is 5.41 Å². The third-order valence-corrected chi connectivity index (χ3v) is 3.35. The van der Waals surface area contributed by atoms with Gasteiger partial charge in [-0.3, -0.25) is 4.79 Å². The second-order valence-corrected chi connectivity index (χ2v) is 4.54. The number of nitrogens with zero attached hydrogens (tertiary/aromatic N) is 2. The molecule has 1 heterocycles. The maximum Gasteiger partial charge on any atom is 0.246 e. The van der Waals surface area contributed by atoms with Crippen LogP contribution in [0.2, 0.25) is 0 Å². The number of aromatic nitrogens is 1. The largest absolute Gasteiger partial charge is 0.307 e. The Morgan fingerprint density at radius 1 is 1.44 bits per heavy atom. The molecule has 0 atom stereocenters. The van der Waals surface area contributed by atoms with Crippen molar-refractivity contribution in [2.45, 2.75) is 32.1 Å². The number of amides is 1. The summed E-state index contributed by atoms with van der Waals surface area (Å²) in [5, 5.41) is 11.7. The molecule has 1 aliphatic carbocycles. The van der Waals surface area contributed by atoms with Crippen molar-refractivity contribution in [1.29, 1.82) is 5.26 Å². The summed E-state index contributed by atoms with van der Waals surface area (Å²) < 4.78 is 13.4. The molecular formula is C13H14FN3O. The Morgan fingerprint density at radius 3 is 2.78 bits per heavy atom. The third kappa shape index (κ3) is 2.33. The van der Waals surface area contributed by atoms with Gasteiger partial charge in [-0.2, -0.15) is 5.26 Å². The lowest BCUT2D eigenvalue weighted by molar-refractivity contribution is -0.124. The summed E-state index contributed by atoms with van der Waals surface area (Å²) in [6.07, 6.45) is 5.21.